The van der Waals surface area contributed by atoms with Crippen LogP contribution in [0.1, 0.15) is 30.9 Å². The Balaban J connectivity index is 1.91. The van der Waals surface area contributed by atoms with Crippen LogP contribution in [-0.2, 0) is 9.59 Å². The number of hydrogen-bond acceptors (Lipinski definition) is 4. The SMILES string of the molecule is Cc1ccc(C(C)NC(=O)C(=O)N2CCCNCC2)o1. The lowest BCUT2D eigenvalue weighted by molar-refractivity contribution is -0.146. The van der Waals surface area contributed by atoms with Crippen LogP contribution in [0.2, 0.25) is 0 Å². The van der Waals surface area contributed by atoms with E-state index in [9.17, 15) is 9.59 Å². The van der Waals surface area contributed by atoms with Gasteiger partial charge in [0.05, 0.1) is 6.04 Å². The van der Waals surface area contributed by atoms with Crippen molar-refractivity contribution in [1.29, 1.82) is 0 Å². The van der Waals surface area contributed by atoms with Crippen LogP contribution in [-0.4, -0.2) is 42.9 Å². The van der Waals surface area contributed by atoms with Gasteiger partial charge in [-0.2, -0.15) is 0 Å². The van der Waals surface area contributed by atoms with Crippen LogP contribution >= 0.6 is 0 Å². The fraction of sp³-hybridized carbons (Fsp3) is 0.571. The third-order valence-electron chi connectivity index (χ3n) is 3.36. The van der Waals surface area contributed by atoms with E-state index < -0.39 is 11.8 Å². The van der Waals surface area contributed by atoms with E-state index in [2.05, 4.69) is 10.6 Å². The summed E-state index contributed by atoms with van der Waals surface area (Å²) < 4.78 is 5.44. The van der Waals surface area contributed by atoms with Gasteiger partial charge in [-0.05, 0) is 38.9 Å². The minimum Gasteiger partial charge on any atom is -0.464 e. The Morgan fingerprint density at radius 3 is 2.85 bits per heavy atom. The standard InChI is InChI=1S/C14H21N3O3/c1-10-4-5-12(20-10)11(2)16-13(18)14(19)17-8-3-6-15-7-9-17/h4-5,11,15H,3,6-9H2,1-2H3,(H,16,18). The molecule has 110 valence electrons. The van der Waals surface area contributed by atoms with Crippen molar-refractivity contribution in [2.45, 2.75) is 26.3 Å². The first kappa shape index (κ1) is 14.6. The van der Waals surface area contributed by atoms with Crippen LogP contribution in [0, 0.1) is 6.92 Å². The van der Waals surface area contributed by atoms with E-state index in [1.807, 2.05) is 13.0 Å². The van der Waals surface area contributed by atoms with E-state index in [1.54, 1.807) is 17.9 Å². The second kappa shape index (κ2) is 6.56. The Labute approximate surface area is 118 Å². The molecule has 1 saturated heterocycles. The van der Waals surface area contributed by atoms with E-state index in [4.69, 9.17) is 4.42 Å². The maximum absolute atomic E-state index is 12.1. The molecular formula is C14H21N3O3. The molecule has 2 amide bonds. The molecule has 0 aromatic carbocycles. The fourth-order valence-corrected chi connectivity index (χ4v) is 2.21. The summed E-state index contributed by atoms with van der Waals surface area (Å²) >= 11 is 0. The summed E-state index contributed by atoms with van der Waals surface area (Å²) in [5.41, 5.74) is 0. The average Bonchev–Trinajstić information content (AvgIpc) is 2.70. The predicted molar refractivity (Wildman–Crippen MR) is 74.1 cm³/mol. The van der Waals surface area contributed by atoms with Crippen molar-refractivity contribution in [3.63, 3.8) is 0 Å². The Hall–Kier alpha value is -1.82. The predicted octanol–water partition coefficient (Wildman–Crippen LogP) is 0.587. The molecule has 1 fully saturated rings. The lowest BCUT2D eigenvalue weighted by Gasteiger charge is -2.20. The Morgan fingerprint density at radius 2 is 2.15 bits per heavy atom. The molecule has 1 aromatic heterocycles. The quantitative estimate of drug-likeness (QED) is 0.777. The molecule has 1 atom stereocenters. The van der Waals surface area contributed by atoms with Gasteiger partial charge in [0.25, 0.3) is 0 Å². The molecule has 0 bridgehead atoms. The number of amides is 2. The Kier molecular flexibility index (Phi) is 4.79. The number of carbonyl (C=O) groups is 2. The molecule has 0 spiro atoms. The summed E-state index contributed by atoms with van der Waals surface area (Å²) in [7, 11) is 0. The molecule has 20 heavy (non-hydrogen) atoms. The first-order valence-electron chi connectivity index (χ1n) is 6.95. The van der Waals surface area contributed by atoms with Crippen LogP contribution in [0.25, 0.3) is 0 Å². The minimum absolute atomic E-state index is 0.315. The van der Waals surface area contributed by atoms with Gasteiger partial charge in [-0.1, -0.05) is 0 Å². The molecule has 1 aliphatic heterocycles. The van der Waals surface area contributed by atoms with Gasteiger partial charge < -0.3 is 20.0 Å². The normalized spacial score (nSPS) is 17.4. The molecule has 6 heteroatoms. The maximum atomic E-state index is 12.1. The molecule has 1 aliphatic rings. The van der Waals surface area contributed by atoms with Crippen LogP contribution in [0.3, 0.4) is 0 Å². The number of aryl methyl sites for hydroxylation is 1. The van der Waals surface area contributed by atoms with Gasteiger partial charge in [0.15, 0.2) is 0 Å². The van der Waals surface area contributed by atoms with E-state index in [0.29, 0.717) is 18.8 Å². The number of hydrogen-bond donors (Lipinski definition) is 2. The minimum atomic E-state index is -0.576. The largest absolute Gasteiger partial charge is 0.464 e. The number of rotatable bonds is 2. The molecular weight excluding hydrogens is 258 g/mol. The third kappa shape index (κ3) is 3.60. The summed E-state index contributed by atoms with van der Waals surface area (Å²) in [4.78, 5) is 25.7. The lowest BCUT2D eigenvalue weighted by atomic mass is 10.2. The van der Waals surface area contributed by atoms with Crippen LogP contribution in [0.4, 0.5) is 0 Å². The molecule has 2 N–H and O–H groups in total. The summed E-state index contributed by atoms with van der Waals surface area (Å²) in [5, 5.41) is 5.88. The van der Waals surface area contributed by atoms with Gasteiger partial charge >= 0.3 is 11.8 Å². The summed E-state index contributed by atoms with van der Waals surface area (Å²) in [6, 6.07) is 3.33. The van der Waals surface area contributed by atoms with Crippen LogP contribution in [0.5, 0.6) is 0 Å². The number of furan rings is 1. The van der Waals surface area contributed by atoms with E-state index in [1.165, 1.54) is 0 Å². The molecule has 2 rings (SSSR count). The highest BCUT2D eigenvalue weighted by Gasteiger charge is 2.24. The highest BCUT2D eigenvalue weighted by molar-refractivity contribution is 6.35. The van der Waals surface area contributed by atoms with Crippen molar-refractivity contribution >= 4 is 11.8 Å². The van der Waals surface area contributed by atoms with Crippen molar-refractivity contribution in [2.75, 3.05) is 26.2 Å². The number of nitrogens with zero attached hydrogens (tertiary/aromatic N) is 1. The van der Waals surface area contributed by atoms with E-state index >= 15 is 0 Å². The number of nitrogens with one attached hydrogen (secondary N) is 2. The van der Waals surface area contributed by atoms with Crippen molar-refractivity contribution in [3.8, 4) is 0 Å². The maximum Gasteiger partial charge on any atom is 0.311 e. The van der Waals surface area contributed by atoms with Gasteiger partial charge in [-0.15, -0.1) is 0 Å². The van der Waals surface area contributed by atoms with Gasteiger partial charge in [-0.3, -0.25) is 9.59 Å². The van der Waals surface area contributed by atoms with Gasteiger partial charge in [0.2, 0.25) is 0 Å². The molecule has 0 saturated carbocycles. The zero-order valence-corrected chi connectivity index (χ0v) is 11.9. The summed E-state index contributed by atoms with van der Waals surface area (Å²) in [6.07, 6.45) is 0.867. The van der Waals surface area contributed by atoms with Crippen molar-refractivity contribution in [2.24, 2.45) is 0 Å². The third-order valence-corrected chi connectivity index (χ3v) is 3.36. The lowest BCUT2D eigenvalue weighted by Crippen LogP contribution is -2.45. The van der Waals surface area contributed by atoms with Crippen molar-refractivity contribution < 1.29 is 14.0 Å². The summed E-state index contributed by atoms with van der Waals surface area (Å²) in [6.45, 7) is 6.44. The van der Waals surface area contributed by atoms with Crippen molar-refractivity contribution in [3.05, 3.63) is 23.7 Å². The molecule has 1 aromatic rings. The zero-order chi connectivity index (χ0) is 14.5. The van der Waals surface area contributed by atoms with Gasteiger partial charge in [0, 0.05) is 19.6 Å². The highest BCUT2D eigenvalue weighted by atomic mass is 16.3. The first-order chi connectivity index (χ1) is 9.58. The fourth-order valence-electron chi connectivity index (χ4n) is 2.21. The molecule has 0 radical (unpaired) electrons. The van der Waals surface area contributed by atoms with Crippen molar-refractivity contribution in [1.82, 2.24) is 15.5 Å². The first-order valence-corrected chi connectivity index (χ1v) is 6.95. The number of carbonyl (C=O) groups excluding carboxylic acids is 2. The monoisotopic (exact) mass is 279 g/mol. The zero-order valence-electron chi connectivity index (χ0n) is 11.9. The topological polar surface area (TPSA) is 74.6 Å². The molecule has 2 heterocycles. The average molecular weight is 279 g/mol. The smallest absolute Gasteiger partial charge is 0.311 e. The Morgan fingerprint density at radius 1 is 1.35 bits per heavy atom. The van der Waals surface area contributed by atoms with Gasteiger partial charge in [-0.25, -0.2) is 0 Å². The van der Waals surface area contributed by atoms with Gasteiger partial charge in [0.1, 0.15) is 11.5 Å². The highest BCUT2D eigenvalue weighted by Crippen LogP contribution is 2.15. The second-order valence-corrected chi connectivity index (χ2v) is 5.04. The van der Waals surface area contributed by atoms with Crippen LogP contribution < -0.4 is 10.6 Å². The summed E-state index contributed by atoms with van der Waals surface area (Å²) in [5.74, 6) is 0.393. The molecule has 0 aliphatic carbocycles. The van der Waals surface area contributed by atoms with E-state index in [-0.39, 0.29) is 6.04 Å². The Bertz CT molecular complexity index is 476. The van der Waals surface area contributed by atoms with Crippen LogP contribution in [0.15, 0.2) is 16.5 Å². The molecule has 1 unspecified atom stereocenters. The second-order valence-electron chi connectivity index (χ2n) is 5.04. The molecule has 6 nitrogen and oxygen atoms in total. The van der Waals surface area contributed by atoms with E-state index in [0.717, 1.165) is 25.3 Å².